The lowest BCUT2D eigenvalue weighted by molar-refractivity contribution is -0.145. The molecule has 0 bridgehead atoms. The monoisotopic (exact) mass is 306 g/mol. The smallest absolute Gasteiger partial charge is 0.381 e. The number of nitrogens with zero attached hydrogens (tertiary/aromatic N) is 3. The highest BCUT2D eigenvalue weighted by Crippen LogP contribution is 2.30. The van der Waals surface area contributed by atoms with Gasteiger partial charge in [-0.3, -0.25) is 5.01 Å². The van der Waals surface area contributed by atoms with Gasteiger partial charge in [-0.05, 0) is 6.42 Å². The number of hydrazine groups is 1. The Labute approximate surface area is 124 Å². The highest BCUT2D eigenvalue weighted by atomic mass is 19.4. The van der Waals surface area contributed by atoms with Crippen LogP contribution in [0.1, 0.15) is 9.16 Å². The molecular weight excluding hydrogens is 285 g/mol. The lowest BCUT2D eigenvalue weighted by Gasteiger charge is -2.37. The Kier molecular flexibility index (Phi) is 3.05. The zero-order chi connectivity index (χ0) is 16.8. The van der Waals surface area contributed by atoms with Crippen LogP contribution in [-0.4, -0.2) is 61.0 Å². The third-order valence-corrected chi connectivity index (χ3v) is 3.63. The van der Waals surface area contributed by atoms with Gasteiger partial charge >= 0.3 is 6.18 Å². The number of nitrogens with one attached hydrogen (secondary N) is 1. The first-order valence-corrected chi connectivity index (χ1v) is 6.79. The lowest BCUT2D eigenvalue weighted by Crippen LogP contribution is -2.43. The number of hydrogen-bond acceptors (Lipinski definition) is 5. The second kappa shape index (κ2) is 5.32. The molecule has 0 amide bonds. The van der Waals surface area contributed by atoms with Gasteiger partial charge in [-0.2, -0.15) is 13.2 Å². The Hall–Kier alpha value is -1.57. The van der Waals surface area contributed by atoms with Crippen molar-refractivity contribution in [2.75, 3.05) is 40.0 Å². The van der Waals surface area contributed by atoms with Crippen molar-refractivity contribution in [3.8, 4) is 0 Å². The van der Waals surface area contributed by atoms with Crippen molar-refractivity contribution in [2.24, 2.45) is 5.92 Å². The van der Waals surface area contributed by atoms with E-state index in [1.54, 1.807) is 11.9 Å². The summed E-state index contributed by atoms with van der Waals surface area (Å²) in [6.45, 7) is -0.405. The van der Waals surface area contributed by atoms with Crippen molar-refractivity contribution in [3.63, 3.8) is 0 Å². The van der Waals surface area contributed by atoms with Gasteiger partial charge in [0, 0.05) is 38.5 Å². The standard InChI is InChI=1S/C13H19F3N4O/c1-18-9-19(5-10-2-3-21-7-10)6-12-11(18)4-17-20(12)8-13(14,15)16/h4,6,10,17H,2-3,5,7-9H2,1H3/i6D,9D. The molecule has 0 aromatic heterocycles. The second-order valence-electron chi connectivity index (χ2n) is 5.43. The number of halogens is 3. The Morgan fingerprint density at radius 2 is 2.33 bits per heavy atom. The Morgan fingerprint density at radius 1 is 1.52 bits per heavy atom. The van der Waals surface area contributed by atoms with E-state index < -0.39 is 19.4 Å². The minimum Gasteiger partial charge on any atom is -0.381 e. The van der Waals surface area contributed by atoms with Crippen LogP contribution in [0.2, 0.25) is 0 Å². The summed E-state index contributed by atoms with van der Waals surface area (Å²) in [6, 6.07) is 0. The summed E-state index contributed by atoms with van der Waals surface area (Å²) in [5.74, 6) is 0.188. The van der Waals surface area contributed by atoms with Crippen molar-refractivity contribution >= 4 is 0 Å². The molecule has 3 aliphatic heterocycles. The van der Waals surface area contributed by atoms with Crippen LogP contribution in [-0.2, 0) is 4.74 Å². The van der Waals surface area contributed by atoms with Crippen molar-refractivity contribution < 1.29 is 20.6 Å². The number of likely N-dealkylation sites (N-methyl/N-ethyl adjacent to an activating group) is 1. The quantitative estimate of drug-likeness (QED) is 0.849. The van der Waals surface area contributed by atoms with E-state index in [-0.39, 0.29) is 17.8 Å². The number of alkyl halides is 3. The van der Waals surface area contributed by atoms with Crippen LogP contribution in [0.4, 0.5) is 13.2 Å². The molecule has 2 atom stereocenters. The molecule has 5 nitrogen and oxygen atoms in total. The fraction of sp³-hybridized carbons (Fsp3) is 0.692. The molecule has 3 heterocycles. The summed E-state index contributed by atoms with van der Waals surface area (Å²) < 4.78 is 60.1. The Balaban J connectivity index is 1.87. The van der Waals surface area contributed by atoms with Crippen LogP contribution in [0, 0.1) is 5.92 Å². The molecule has 1 fully saturated rings. The minimum atomic E-state index is -4.38. The van der Waals surface area contributed by atoms with Crippen LogP contribution >= 0.6 is 0 Å². The number of hydrogen-bond donors (Lipinski definition) is 1. The molecule has 2 unspecified atom stereocenters. The van der Waals surface area contributed by atoms with Crippen molar-refractivity contribution in [1.29, 1.82) is 0 Å². The van der Waals surface area contributed by atoms with E-state index in [0.717, 1.165) is 11.4 Å². The van der Waals surface area contributed by atoms with Gasteiger partial charge in [0.15, 0.2) is 0 Å². The Bertz CT molecular complexity index is 534. The zero-order valence-electron chi connectivity index (χ0n) is 13.7. The van der Waals surface area contributed by atoms with E-state index in [9.17, 15) is 13.2 Å². The molecule has 21 heavy (non-hydrogen) atoms. The molecule has 0 aliphatic carbocycles. The van der Waals surface area contributed by atoms with Gasteiger partial charge in [-0.25, -0.2) is 0 Å². The summed E-state index contributed by atoms with van der Waals surface area (Å²) in [7, 11) is 1.65. The number of rotatable bonds is 3. The minimum absolute atomic E-state index is 0.0597. The van der Waals surface area contributed by atoms with Crippen LogP contribution in [0.5, 0.6) is 0 Å². The maximum atomic E-state index is 12.7. The van der Waals surface area contributed by atoms with Crippen LogP contribution in [0.3, 0.4) is 0 Å². The summed E-state index contributed by atoms with van der Waals surface area (Å²) in [6.07, 6.45) is -2.20. The van der Waals surface area contributed by atoms with Gasteiger partial charge in [0.1, 0.15) is 6.54 Å². The van der Waals surface area contributed by atoms with E-state index in [0.29, 0.717) is 25.5 Å². The maximum absolute atomic E-state index is 12.7. The van der Waals surface area contributed by atoms with Crippen LogP contribution < -0.4 is 5.43 Å². The van der Waals surface area contributed by atoms with Gasteiger partial charge < -0.3 is 20.0 Å². The normalized spacial score (nSPS) is 31.0. The molecule has 0 spiro atoms. The molecular formula is C13H19F3N4O. The average molecular weight is 306 g/mol. The maximum Gasteiger partial charge on any atom is 0.407 e. The van der Waals surface area contributed by atoms with Crippen molar-refractivity contribution in [3.05, 3.63) is 23.8 Å². The summed E-state index contributed by atoms with van der Waals surface area (Å²) in [5, 5.41) is 0.915. The summed E-state index contributed by atoms with van der Waals surface area (Å²) >= 11 is 0. The largest absolute Gasteiger partial charge is 0.407 e. The van der Waals surface area contributed by atoms with Crippen molar-refractivity contribution in [2.45, 2.75) is 12.6 Å². The number of fused-ring (bicyclic) bond motifs is 1. The molecule has 0 aromatic rings. The average Bonchev–Trinajstić information content (AvgIpc) is 3.09. The van der Waals surface area contributed by atoms with Gasteiger partial charge in [-0.15, -0.1) is 0 Å². The van der Waals surface area contributed by atoms with Crippen LogP contribution in [0.25, 0.3) is 0 Å². The van der Waals surface area contributed by atoms with Gasteiger partial charge in [0.2, 0.25) is 0 Å². The molecule has 8 heteroatoms. The third kappa shape index (κ3) is 3.20. The second-order valence-corrected chi connectivity index (χ2v) is 5.43. The predicted molar refractivity (Wildman–Crippen MR) is 70.3 cm³/mol. The first-order valence-electron chi connectivity index (χ1n) is 7.87. The molecule has 0 radical (unpaired) electrons. The van der Waals surface area contributed by atoms with Gasteiger partial charge in [0.05, 0.1) is 27.4 Å². The predicted octanol–water partition coefficient (Wildman–Crippen LogP) is 1.29. The Morgan fingerprint density at radius 3 is 3.00 bits per heavy atom. The van der Waals surface area contributed by atoms with E-state index in [2.05, 4.69) is 5.43 Å². The zero-order valence-corrected chi connectivity index (χ0v) is 11.7. The third-order valence-electron chi connectivity index (χ3n) is 3.63. The lowest BCUT2D eigenvalue weighted by atomic mass is 10.1. The summed E-state index contributed by atoms with van der Waals surface area (Å²) in [4.78, 5) is 3.08. The molecule has 3 aliphatic rings. The fourth-order valence-electron chi connectivity index (χ4n) is 2.64. The highest BCUT2D eigenvalue weighted by molar-refractivity contribution is 5.33. The SMILES string of the molecule is [2H]C1=C2C(=CNN2CC(F)(F)F)N(C)C([2H])N1CC1CCOC1. The van der Waals surface area contributed by atoms with Gasteiger partial charge in [0.25, 0.3) is 0 Å². The molecule has 118 valence electrons. The summed E-state index contributed by atoms with van der Waals surface area (Å²) in [5.41, 5.74) is 3.14. The molecule has 0 saturated carbocycles. The van der Waals surface area contributed by atoms with E-state index >= 15 is 0 Å². The van der Waals surface area contributed by atoms with Crippen molar-refractivity contribution in [1.82, 2.24) is 20.2 Å². The number of ether oxygens (including phenoxy) is 1. The highest BCUT2D eigenvalue weighted by Gasteiger charge is 2.37. The van der Waals surface area contributed by atoms with E-state index in [4.69, 9.17) is 7.48 Å². The van der Waals surface area contributed by atoms with Crippen LogP contribution in [0.15, 0.2) is 23.8 Å². The first-order chi connectivity index (χ1) is 10.8. The molecule has 0 aromatic carbocycles. The molecule has 1 saturated heterocycles. The molecule has 3 rings (SSSR count). The van der Waals surface area contributed by atoms with Gasteiger partial charge in [-0.1, -0.05) is 0 Å². The van der Waals surface area contributed by atoms with E-state index in [1.807, 2.05) is 0 Å². The van der Waals surface area contributed by atoms with E-state index in [1.165, 1.54) is 11.1 Å². The first kappa shape index (κ1) is 12.0. The topological polar surface area (TPSA) is 31.0 Å². The molecule has 1 N–H and O–H groups in total. The fourth-order valence-corrected chi connectivity index (χ4v) is 2.64.